The van der Waals surface area contributed by atoms with Gasteiger partial charge in [0.1, 0.15) is 5.54 Å². The summed E-state index contributed by atoms with van der Waals surface area (Å²) in [6, 6.07) is 16.1. The van der Waals surface area contributed by atoms with Crippen molar-refractivity contribution in [2.45, 2.75) is 50.4 Å². The number of benzene rings is 1. The molecule has 3 amide bonds. The van der Waals surface area contributed by atoms with Gasteiger partial charge in [-0.25, -0.2) is 4.79 Å². The molecule has 1 aromatic heterocycles. The Morgan fingerprint density at radius 3 is 2.34 bits per heavy atom. The Kier molecular flexibility index (Phi) is 6.20. The number of nitrogens with zero attached hydrogens (tertiary/aromatic N) is 4. The van der Waals surface area contributed by atoms with Crippen LogP contribution in [0.25, 0.3) is 0 Å². The number of aromatic nitrogens is 1. The van der Waals surface area contributed by atoms with Crippen LogP contribution in [-0.4, -0.2) is 67.8 Å². The van der Waals surface area contributed by atoms with Crippen LogP contribution >= 0.6 is 11.8 Å². The summed E-state index contributed by atoms with van der Waals surface area (Å²) in [4.78, 5) is 37.6. The van der Waals surface area contributed by atoms with Crippen LogP contribution in [0.2, 0.25) is 0 Å². The number of hydrogen-bond acceptors (Lipinski definition) is 5. The van der Waals surface area contributed by atoms with Gasteiger partial charge in [0.25, 0.3) is 5.91 Å². The van der Waals surface area contributed by atoms with E-state index in [2.05, 4.69) is 9.88 Å². The van der Waals surface area contributed by atoms with E-state index in [0.717, 1.165) is 24.3 Å². The second-order valence-electron chi connectivity index (χ2n) is 8.98. The van der Waals surface area contributed by atoms with E-state index in [1.54, 1.807) is 6.20 Å². The molecule has 3 aliphatic rings. The third-order valence-electron chi connectivity index (χ3n) is 7.18. The summed E-state index contributed by atoms with van der Waals surface area (Å²) in [5.74, 6) is 2.40. The fraction of sp³-hybridized carbons (Fsp3) is 0.480. The van der Waals surface area contributed by atoms with Gasteiger partial charge < -0.3 is 9.80 Å². The smallest absolute Gasteiger partial charge is 0.305 e. The number of hydrogen-bond donors (Lipinski definition) is 0. The molecule has 0 radical (unpaired) electrons. The topological polar surface area (TPSA) is 56.8 Å². The predicted molar refractivity (Wildman–Crippen MR) is 126 cm³/mol. The largest absolute Gasteiger partial charge is 0.328 e. The lowest BCUT2D eigenvalue weighted by Gasteiger charge is -2.45. The van der Waals surface area contributed by atoms with E-state index >= 15 is 0 Å². The van der Waals surface area contributed by atoms with E-state index in [-0.39, 0.29) is 18.5 Å². The molecule has 3 saturated heterocycles. The Labute approximate surface area is 194 Å². The minimum Gasteiger partial charge on any atom is -0.305 e. The lowest BCUT2D eigenvalue weighted by molar-refractivity contribution is -0.136. The summed E-state index contributed by atoms with van der Waals surface area (Å²) in [5.41, 5.74) is 1.05. The Bertz CT molecular complexity index is 941. The van der Waals surface area contributed by atoms with Crippen molar-refractivity contribution in [3.05, 3.63) is 66.0 Å². The highest BCUT2D eigenvalue weighted by Crippen LogP contribution is 2.40. The van der Waals surface area contributed by atoms with Crippen molar-refractivity contribution in [1.82, 2.24) is 19.7 Å². The number of piperidine rings is 1. The molecule has 3 aliphatic heterocycles. The molecular formula is C25H30N4O2S. The molecule has 5 rings (SSSR count). The SMILES string of the molecule is O=C1N(Cc2ccccn2)C(=O)C2(CCN(C3CCSCC3)CC2)N1Cc1ccccc1. The quantitative estimate of drug-likeness (QED) is 0.649. The fourth-order valence-corrected chi connectivity index (χ4v) is 6.44. The molecule has 6 nitrogen and oxygen atoms in total. The second-order valence-corrected chi connectivity index (χ2v) is 10.2. The molecule has 1 aromatic carbocycles. The van der Waals surface area contributed by atoms with Gasteiger partial charge in [-0.05, 0) is 54.9 Å². The van der Waals surface area contributed by atoms with E-state index in [4.69, 9.17) is 0 Å². The lowest BCUT2D eigenvalue weighted by atomic mass is 9.84. The third-order valence-corrected chi connectivity index (χ3v) is 8.23. The van der Waals surface area contributed by atoms with Crippen LogP contribution in [-0.2, 0) is 17.9 Å². The standard InChI is InChI=1S/C25H30N4O2S/c30-23-25(11-14-27(15-12-25)22-9-16-32-17-10-22)29(18-20-6-2-1-3-7-20)24(31)28(23)19-21-8-4-5-13-26-21/h1-8,13,22H,9-12,14-19H2. The number of pyridine rings is 1. The minimum absolute atomic E-state index is 0.0528. The molecule has 1 spiro atoms. The van der Waals surface area contributed by atoms with Crippen molar-refractivity contribution in [1.29, 1.82) is 0 Å². The van der Waals surface area contributed by atoms with Crippen LogP contribution < -0.4 is 0 Å². The summed E-state index contributed by atoms with van der Waals surface area (Å²) >= 11 is 2.04. The molecule has 0 unspecified atom stereocenters. The number of likely N-dealkylation sites (tertiary alicyclic amines) is 1. The van der Waals surface area contributed by atoms with Gasteiger partial charge in [0, 0.05) is 31.9 Å². The summed E-state index contributed by atoms with van der Waals surface area (Å²) in [7, 11) is 0. The highest BCUT2D eigenvalue weighted by atomic mass is 32.2. The Morgan fingerprint density at radius 2 is 1.66 bits per heavy atom. The monoisotopic (exact) mass is 450 g/mol. The van der Waals surface area contributed by atoms with Crippen LogP contribution in [0.3, 0.4) is 0 Å². The van der Waals surface area contributed by atoms with Crippen molar-refractivity contribution in [3.8, 4) is 0 Å². The van der Waals surface area contributed by atoms with E-state index in [9.17, 15) is 9.59 Å². The third kappa shape index (κ3) is 4.04. The molecule has 0 aliphatic carbocycles. The maximum Gasteiger partial charge on any atom is 0.328 e. The first kappa shape index (κ1) is 21.5. The van der Waals surface area contributed by atoms with Gasteiger partial charge in [0.05, 0.1) is 12.2 Å². The maximum atomic E-state index is 13.8. The van der Waals surface area contributed by atoms with E-state index in [1.165, 1.54) is 29.2 Å². The molecule has 0 N–H and O–H groups in total. The zero-order valence-corrected chi connectivity index (χ0v) is 19.2. The molecule has 32 heavy (non-hydrogen) atoms. The van der Waals surface area contributed by atoms with Crippen LogP contribution in [0, 0.1) is 0 Å². The summed E-state index contributed by atoms with van der Waals surface area (Å²) in [5, 5.41) is 0. The minimum atomic E-state index is -0.748. The molecule has 4 heterocycles. The van der Waals surface area contributed by atoms with Crippen LogP contribution in [0.15, 0.2) is 54.7 Å². The molecule has 168 valence electrons. The van der Waals surface area contributed by atoms with Crippen molar-refractivity contribution >= 4 is 23.7 Å². The fourth-order valence-electron chi connectivity index (χ4n) is 5.35. The lowest BCUT2D eigenvalue weighted by Crippen LogP contribution is -2.58. The van der Waals surface area contributed by atoms with Crippen LogP contribution in [0.5, 0.6) is 0 Å². The molecule has 0 atom stereocenters. The first-order valence-corrected chi connectivity index (χ1v) is 12.7. The van der Waals surface area contributed by atoms with Crippen molar-refractivity contribution in [2.24, 2.45) is 0 Å². The normalized spacial score (nSPS) is 22.1. The van der Waals surface area contributed by atoms with E-state index in [0.29, 0.717) is 25.4 Å². The number of imide groups is 1. The number of carbonyl (C=O) groups excluding carboxylic acids is 2. The zero-order valence-electron chi connectivity index (χ0n) is 18.4. The number of amides is 3. The first-order chi connectivity index (χ1) is 15.7. The van der Waals surface area contributed by atoms with Gasteiger partial charge in [0.2, 0.25) is 0 Å². The van der Waals surface area contributed by atoms with Crippen LogP contribution in [0.1, 0.15) is 36.9 Å². The average molecular weight is 451 g/mol. The molecule has 2 aromatic rings. The van der Waals surface area contributed by atoms with Gasteiger partial charge in [-0.15, -0.1) is 0 Å². The first-order valence-electron chi connectivity index (χ1n) is 11.6. The van der Waals surface area contributed by atoms with Gasteiger partial charge in [-0.2, -0.15) is 11.8 Å². The summed E-state index contributed by atoms with van der Waals surface area (Å²) in [6.07, 6.45) is 5.56. The van der Waals surface area contributed by atoms with Crippen molar-refractivity contribution in [2.75, 3.05) is 24.6 Å². The van der Waals surface area contributed by atoms with Gasteiger partial charge >= 0.3 is 6.03 Å². The van der Waals surface area contributed by atoms with E-state index in [1.807, 2.05) is 65.2 Å². The molecule has 0 saturated carbocycles. The Hall–Kier alpha value is -2.38. The molecule has 7 heteroatoms. The Morgan fingerprint density at radius 1 is 0.938 bits per heavy atom. The Balaban J connectivity index is 1.40. The highest BCUT2D eigenvalue weighted by molar-refractivity contribution is 7.99. The number of thioether (sulfide) groups is 1. The molecule has 3 fully saturated rings. The van der Waals surface area contributed by atoms with Crippen molar-refractivity contribution in [3.63, 3.8) is 0 Å². The number of carbonyl (C=O) groups is 2. The maximum absolute atomic E-state index is 13.8. The van der Waals surface area contributed by atoms with Gasteiger partial charge in [0.15, 0.2) is 0 Å². The average Bonchev–Trinajstić information content (AvgIpc) is 3.03. The summed E-state index contributed by atoms with van der Waals surface area (Å²) < 4.78 is 0. The number of rotatable bonds is 5. The van der Waals surface area contributed by atoms with Crippen LogP contribution in [0.4, 0.5) is 4.79 Å². The molecular weight excluding hydrogens is 420 g/mol. The number of urea groups is 1. The molecule has 0 bridgehead atoms. The van der Waals surface area contributed by atoms with E-state index < -0.39 is 5.54 Å². The zero-order chi connectivity index (χ0) is 22.0. The van der Waals surface area contributed by atoms with Crippen molar-refractivity contribution < 1.29 is 9.59 Å². The summed E-state index contributed by atoms with van der Waals surface area (Å²) in [6.45, 7) is 2.44. The highest BCUT2D eigenvalue weighted by Gasteiger charge is 2.58. The van der Waals surface area contributed by atoms with Gasteiger partial charge in [-0.1, -0.05) is 36.4 Å². The van der Waals surface area contributed by atoms with Gasteiger partial charge in [-0.3, -0.25) is 14.7 Å². The predicted octanol–water partition coefficient (Wildman–Crippen LogP) is 3.78. The second kappa shape index (κ2) is 9.24.